The molecule has 1 aromatic heterocycles. The maximum Gasteiger partial charge on any atom is 0.258 e. The zero-order chi connectivity index (χ0) is 15.7. The largest absolute Gasteiger partial charge is 0.399 e. The summed E-state index contributed by atoms with van der Waals surface area (Å²) < 4.78 is 13.1. The molecule has 0 spiro atoms. The van der Waals surface area contributed by atoms with E-state index < -0.39 is 5.91 Å². The summed E-state index contributed by atoms with van der Waals surface area (Å²) in [5.41, 5.74) is 14.4. The minimum absolute atomic E-state index is 0.301. The quantitative estimate of drug-likeness (QED) is 0.720. The first-order chi connectivity index (χ1) is 10.5. The third-order valence-electron chi connectivity index (χ3n) is 3.30. The number of thiophene rings is 1. The van der Waals surface area contributed by atoms with Gasteiger partial charge in [0.15, 0.2) is 0 Å². The van der Waals surface area contributed by atoms with Crippen LogP contribution in [0.3, 0.4) is 0 Å². The minimum Gasteiger partial charge on any atom is -0.399 e. The van der Waals surface area contributed by atoms with Gasteiger partial charge in [-0.3, -0.25) is 4.79 Å². The summed E-state index contributed by atoms with van der Waals surface area (Å²) in [5.74, 6) is -0.778. The fourth-order valence-corrected chi connectivity index (χ4v) is 3.24. The molecule has 0 fully saturated rings. The lowest BCUT2D eigenvalue weighted by molar-refractivity contribution is 0.100. The fraction of sp³-hybridized carbons (Fsp3) is 0. The molecule has 1 heterocycles. The van der Waals surface area contributed by atoms with Gasteiger partial charge in [-0.25, -0.2) is 4.39 Å². The number of hydrogen-bond donors (Lipinski definition) is 2. The van der Waals surface area contributed by atoms with E-state index in [-0.39, 0.29) is 5.82 Å². The number of nitrogen functional groups attached to an aromatic ring is 1. The highest BCUT2D eigenvalue weighted by Gasteiger charge is 2.15. The monoisotopic (exact) mass is 312 g/mol. The normalized spacial score (nSPS) is 10.6. The second-order valence-corrected chi connectivity index (χ2v) is 5.90. The summed E-state index contributed by atoms with van der Waals surface area (Å²) in [6, 6.07) is 15.3. The molecule has 0 radical (unpaired) electrons. The lowest BCUT2D eigenvalue weighted by Gasteiger charge is -2.05. The number of carbonyl (C=O) groups is 1. The van der Waals surface area contributed by atoms with Crippen molar-refractivity contribution >= 4 is 22.9 Å². The Hall–Kier alpha value is -2.66. The molecule has 0 saturated carbocycles. The lowest BCUT2D eigenvalue weighted by Crippen LogP contribution is -2.08. The van der Waals surface area contributed by atoms with Crippen molar-refractivity contribution in [3.63, 3.8) is 0 Å². The topological polar surface area (TPSA) is 69.1 Å². The predicted molar refractivity (Wildman–Crippen MR) is 88.1 cm³/mol. The van der Waals surface area contributed by atoms with Gasteiger partial charge in [0, 0.05) is 16.1 Å². The molecule has 3 nitrogen and oxygen atoms in total. The van der Waals surface area contributed by atoms with Gasteiger partial charge < -0.3 is 11.5 Å². The summed E-state index contributed by atoms with van der Waals surface area (Å²) >= 11 is 1.30. The predicted octanol–water partition coefficient (Wildman–Crippen LogP) is 3.90. The van der Waals surface area contributed by atoms with Crippen molar-refractivity contribution in [3.8, 4) is 21.6 Å². The molecular weight excluding hydrogens is 299 g/mol. The van der Waals surface area contributed by atoms with Gasteiger partial charge in [-0.1, -0.05) is 24.3 Å². The van der Waals surface area contributed by atoms with Gasteiger partial charge in [0.25, 0.3) is 5.91 Å². The molecule has 0 saturated heterocycles. The van der Waals surface area contributed by atoms with Crippen molar-refractivity contribution in [1.82, 2.24) is 0 Å². The number of primary amides is 1. The Bertz CT molecular complexity index is 760. The van der Waals surface area contributed by atoms with Crippen LogP contribution in [0.4, 0.5) is 10.1 Å². The first-order valence-electron chi connectivity index (χ1n) is 6.60. The molecule has 0 bridgehead atoms. The Morgan fingerprint density at radius 1 is 0.955 bits per heavy atom. The molecule has 0 aliphatic carbocycles. The van der Waals surface area contributed by atoms with E-state index in [1.165, 1.54) is 23.5 Å². The van der Waals surface area contributed by atoms with Crippen LogP contribution in [-0.4, -0.2) is 5.91 Å². The zero-order valence-electron chi connectivity index (χ0n) is 11.5. The molecular formula is C17H13FN2OS. The molecule has 0 aliphatic rings. The Balaban J connectivity index is 2.17. The second-order valence-electron chi connectivity index (χ2n) is 4.85. The standard InChI is InChI=1S/C17H13FN2OS/c18-12-5-1-11(2-6-12)16-14(9-15(22-16)17(20)21)10-3-7-13(19)8-4-10/h1-9H,19H2,(H2,20,21). The van der Waals surface area contributed by atoms with Gasteiger partial charge in [0.2, 0.25) is 0 Å². The fourth-order valence-electron chi connectivity index (χ4n) is 2.21. The van der Waals surface area contributed by atoms with E-state index >= 15 is 0 Å². The number of nitrogens with two attached hydrogens (primary N) is 2. The summed E-state index contributed by atoms with van der Waals surface area (Å²) in [7, 11) is 0. The van der Waals surface area contributed by atoms with E-state index in [4.69, 9.17) is 11.5 Å². The van der Waals surface area contributed by atoms with Crippen LogP contribution in [0.25, 0.3) is 21.6 Å². The molecule has 4 N–H and O–H groups in total. The van der Waals surface area contributed by atoms with Crippen molar-refractivity contribution in [2.45, 2.75) is 0 Å². The van der Waals surface area contributed by atoms with Crippen LogP contribution in [0.15, 0.2) is 54.6 Å². The molecule has 2 aromatic carbocycles. The van der Waals surface area contributed by atoms with Gasteiger partial charge in [-0.05, 0) is 41.5 Å². The highest BCUT2D eigenvalue weighted by Crippen LogP contribution is 2.39. The molecule has 0 aliphatic heterocycles. The Morgan fingerprint density at radius 3 is 2.14 bits per heavy atom. The van der Waals surface area contributed by atoms with E-state index in [2.05, 4.69) is 0 Å². The third-order valence-corrected chi connectivity index (χ3v) is 4.50. The molecule has 1 amide bonds. The Labute approximate surface area is 131 Å². The van der Waals surface area contributed by atoms with Gasteiger partial charge in [-0.2, -0.15) is 0 Å². The van der Waals surface area contributed by atoms with E-state index in [0.29, 0.717) is 10.6 Å². The SMILES string of the molecule is NC(=O)c1cc(-c2ccc(N)cc2)c(-c2ccc(F)cc2)s1. The average Bonchev–Trinajstić information content (AvgIpc) is 2.94. The van der Waals surface area contributed by atoms with Crippen LogP contribution < -0.4 is 11.5 Å². The van der Waals surface area contributed by atoms with Crippen LogP contribution >= 0.6 is 11.3 Å². The van der Waals surface area contributed by atoms with Gasteiger partial charge in [-0.15, -0.1) is 11.3 Å². The first-order valence-corrected chi connectivity index (χ1v) is 7.42. The Kier molecular flexibility index (Phi) is 3.65. The van der Waals surface area contributed by atoms with E-state index in [1.807, 2.05) is 12.1 Å². The first kappa shape index (κ1) is 14.3. The van der Waals surface area contributed by atoms with Gasteiger partial charge in [0.1, 0.15) is 5.82 Å². The van der Waals surface area contributed by atoms with E-state index in [1.54, 1.807) is 30.3 Å². The molecule has 22 heavy (non-hydrogen) atoms. The van der Waals surface area contributed by atoms with Gasteiger partial charge >= 0.3 is 0 Å². The molecule has 0 atom stereocenters. The smallest absolute Gasteiger partial charge is 0.258 e. The summed E-state index contributed by atoms with van der Waals surface area (Å²) in [6.07, 6.45) is 0. The molecule has 110 valence electrons. The van der Waals surface area contributed by atoms with Crippen LogP contribution in [0.2, 0.25) is 0 Å². The average molecular weight is 312 g/mol. The minimum atomic E-state index is -0.477. The summed E-state index contributed by atoms with van der Waals surface area (Å²) in [4.78, 5) is 12.8. The molecule has 5 heteroatoms. The van der Waals surface area contributed by atoms with Crippen molar-refractivity contribution in [1.29, 1.82) is 0 Å². The molecule has 0 unspecified atom stereocenters. The van der Waals surface area contributed by atoms with E-state index in [9.17, 15) is 9.18 Å². The van der Waals surface area contributed by atoms with Crippen LogP contribution in [0, 0.1) is 5.82 Å². The number of amides is 1. The molecule has 3 rings (SSSR count). The second kappa shape index (κ2) is 5.61. The summed E-state index contributed by atoms with van der Waals surface area (Å²) in [5, 5.41) is 0. The van der Waals surface area contributed by atoms with Crippen molar-refractivity contribution in [3.05, 3.63) is 65.3 Å². The number of carbonyl (C=O) groups excluding carboxylic acids is 1. The van der Waals surface area contributed by atoms with Crippen LogP contribution in [-0.2, 0) is 0 Å². The Morgan fingerprint density at radius 2 is 1.55 bits per heavy atom. The number of benzene rings is 2. The number of hydrogen-bond acceptors (Lipinski definition) is 3. The van der Waals surface area contributed by atoms with Crippen LogP contribution in [0.1, 0.15) is 9.67 Å². The number of halogens is 1. The van der Waals surface area contributed by atoms with Crippen LogP contribution in [0.5, 0.6) is 0 Å². The van der Waals surface area contributed by atoms with Crippen molar-refractivity contribution in [2.24, 2.45) is 5.73 Å². The highest BCUT2D eigenvalue weighted by molar-refractivity contribution is 7.18. The number of rotatable bonds is 3. The maximum absolute atomic E-state index is 13.1. The number of anilines is 1. The van der Waals surface area contributed by atoms with E-state index in [0.717, 1.165) is 21.6 Å². The summed E-state index contributed by atoms with van der Waals surface area (Å²) in [6.45, 7) is 0. The highest BCUT2D eigenvalue weighted by atomic mass is 32.1. The zero-order valence-corrected chi connectivity index (χ0v) is 12.4. The van der Waals surface area contributed by atoms with Crippen molar-refractivity contribution < 1.29 is 9.18 Å². The third kappa shape index (κ3) is 2.71. The van der Waals surface area contributed by atoms with Gasteiger partial charge in [0.05, 0.1) is 4.88 Å². The lowest BCUT2D eigenvalue weighted by atomic mass is 10.0. The van der Waals surface area contributed by atoms with Crippen molar-refractivity contribution in [2.75, 3.05) is 5.73 Å². The maximum atomic E-state index is 13.1. The molecule has 3 aromatic rings.